The Morgan fingerprint density at radius 2 is 2.00 bits per heavy atom. The second-order valence-electron chi connectivity index (χ2n) is 4.49. The van der Waals surface area contributed by atoms with E-state index in [1.165, 1.54) is 12.0 Å². The van der Waals surface area contributed by atoms with E-state index in [1.807, 2.05) is 18.2 Å². The predicted octanol–water partition coefficient (Wildman–Crippen LogP) is 3.50. The summed E-state index contributed by atoms with van der Waals surface area (Å²) in [6, 6.07) is 5.88. The van der Waals surface area contributed by atoms with Gasteiger partial charge in [0.25, 0.3) is 0 Å². The average molecular weight is 263 g/mol. The molecular formula is C16H25NO2. The summed E-state index contributed by atoms with van der Waals surface area (Å²) in [5.74, 6) is 1.74. The van der Waals surface area contributed by atoms with Crippen molar-refractivity contribution in [3.05, 3.63) is 29.8 Å². The van der Waals surface area contributed by atoms with Crippen LogP contribution in [0.15, 0.2) is 24.3 Å². The molecule has 0 aliphatic rings. The van der Waals surface area contributed by atoms with Gasteiger partial charge in [-0.2, -0.15) is 0 Å². The first-order valence-corrected chi connectivity index (χ1v) is 6.82. The van der Waals surface area contributed by atoms with Gasteiger partial charge in [-0.3, -0.25) is 0 Å². The fourth-order valence-corrected chi connectivity index (χ4v) is 1.92. The number of nitrogens with one attached hydrogen (secondary N) is 1. The Hall–Kier alpha value is -1.48. The lowest BCUT2D eigenvalue weighted by atomic mass is 10.0. The third kappa shape index (κ3) is 4.95. The van der Waals surface area contributed by atoms with Crippen LogP contribution >= 0.6 is 0 Å². The van der Waals surface area contributed by atoms with E-state index < -0.39 is 0 Å². The quantitative estimate of drug-likeness (QED) is 0.728. The molecule has 0 bridgehead atoms. The summed E-state index contributed by atoms with van der Waals surface area (Å²) in [7, 11) is 3.38. The zero-order chi connectivity index (χ0) is 14.1. The van der Waals surface area contributed by atoms with Crippen LogP contribution in [0.25, 0.3) is 5.57 Å². The van der Waals surface area contributed by atoms with E-state index in [4.69, 9.17) is 9.47 Å². The number of methoxy groups -OCH3 is 2. The molecule has 0 amide bonds. The number of rotatable bonds is 8. The molecule has 1 N–H and O–H groups in total. The molecule has 1 aromatic carbocycles. The Bertz CT molecular complexity index is 413. The Morgan fingerprint density at radius 3 is 2.63 bits per heavy atom. The third-order valence-corrected chi connectivity index (χ3v) is 3.03. The third-order valence-electron chi connectivity index (χ3n) is 3.03. The van der Waals surface area contributed by atoms with Crippen molar-refractivity contribution in [1.29, 1.82) is 0 Å². The summed E-state index contributed by atoms with van der Waals surface area (Å²) in [6.07, 6.45) is 4.43. The standard InChI is InChI=1S/C16H25NO2/c1-5-10-17-11-6-7-13(2)15-12-14(18-3)8-9-16(15)19-4/h7-9,12,17H,5-6,10-11H2,1-4H3. The molecule has 0 aromatic heterocycles. The highest BCUT2D eigenvalue weighted by molar-refractivity contribution is 5.70. The fourth-order valence-electron chi connectivity index (χ4n) is 1.92. The highest BCUT2D eigenvalue weighted by Crippen LogP contribution is 2.29. The molecule has 0 spiro atoms. The van der Waals surface area contributed by atoms with Crippen LogP contribution in [0.3, 0.4) is 0 Å². The smallest absolute Gasteiger partial charge is 0.126 e. The maximum absolute atomic E-state index is 5.40. The summed E-state index contributed by atoms with van der Waals surface area (Å²) >= 11 is 0. The highest BCUT2D eigenvalue weighted by atomic mass is 16.5. The molecule has 3 heteroatoms. The Kier molecular flexibility index (Phi) is 7.04. The van der Waals surface area contributed by atoms with Crippen LogP contribution in [0.1, 0.15) is 32.3 Å². The average Bonchev–Trinajstić information content (AvgIpc) is 2.46. The molecular weight excluding hydrogens is 238 g/mol. The van der Waals surface area contributed by atoms with Crippen LogP contribution < -0.4 is 14.8 Å². The molecule has 19 heavy (non-hydrogen) atoms. The van der Waals surface area contributed by atoms with Crippen molar-refractivity contribution in [2.24, 2.45) is 0 Å². The van der Waals surface area contributed by atoms with Crippen LogP contribution in [0.4, 0.5) is 0 Å². The minimum atomic E-state index is 0.854. The molecule has 0 saturated heterocycles. The summed E-state index contributed by atoms with van der Waals surface area (Å²) < 4.78 is 10.7. The minimum Gasteiger partial charge on any atom is -0.497 e. The molecule has 1 rings (SSSR count). The van der Waals surface area contributed by atoms with E-state index in [-0.39, 0.29) is 0 Å². The number of allylic oxidation sites excluding steroid dienone is 1. The fraction of sp³-hybridized carbons (Fsp3) is 0.500. The predicted molar refractivity (Wildman–Crippen MR) is 81.0 cm³/mol. The zero-order valence-corrected chi connectivity index (χ0v) is 12.5. The van der Waals surface area contributed by atoms with E-state index in [0.29, 0.717) is 0 Å². The molecule has 106 valence electrons. The Balaban J connectivity index is 2.73. The second-order valence-corrected chi connectivity index (χ2v) is 4.49. The largest absolute Gasteiger partial charge is 0.497 e. The first-order chi connectivity index (χ1) is 9.22. The van der Waals surface area contributed by atoms with Crippen molar-refractivity contribution in [2.75, 3.05) is 27.3 Å². The second kappa shape index (κ2) is 8.59. The van der Waals surface area contributed by atoms with E-state index in [1.54, 1.807) is 14.2 Å². The van der Waals surface area contributed by atoms with Gasteiger partial charge < -0.3 is 14.8 Å². The lowest BCUT2D eigenvalue weighted by Crippen LogP contribution is -2.15. The van der Waals surface area contributed by atoms with Gasteiger partial charge in [0.15, 0.2) is 0 Å². The molecule has 3 nitrogen and oxygen atoms in total. The summed E-state index contributed by atoms with van der Waals surface area (Å²) in [4.78, 5) is 0. The Morgan fingerprint density at radius 1 is 1.21 bits per heavy atom. The molecule has 0 fully saturated rings. The van der Waals surface area contributed by atoms with Gasteiger partial charge in [-0.25, -0.2) is 0 Å². The van der Waals surface area contributed by atoms with Crippen molar-refractivity contribution in [2.45, 2.75) is 26.7 Å². The molecule has 0 aliphatic heterocycles. The van der Waals surface area contributed by atoms with Crippen LogP contribution in [-0.2, 0) is 0 Å². The van der Waals surface area contributed by atoms with Crippen molar-refractivity contribution in [3.63, 3.8) is 0 Å². The minimum absolute atomic E-state index is 0.854. The molecule has 0 unspecified atom stereocenters. The SMILES string of the molecule is CCCNCCC=C(C)c1cc(OC)ccc1OC. The van der Waals surface area contributed by atoms with Crippen LogP contribution in [-0.4, -0.2) is 27.3 Å². The number of benzene rings is 1. The van der Waals surface area contributed by atoms with Crippen molar-refractivity contribution in [3.8, 4) is 11.5 Å². The van der Waals surface area contributed by atoms with Crippen molar-refractivity contribution < 1.29 is 9.47 Å². The van der Waals surface area contributed by atoms with E-state index in [0.717, 1.165) is 36.6 Å². The summed E-state index contributed by atoms with van der Waals surface area (Å²) in [6.45, 7) is 6.37. The topological polar surface area (TPSA) is 30.5 Å². The first kappa shape index (κ1) is 15.6. The molecule has 1 aromatic rings. The van der Waals surface area contributed by atoms with Gasteiger partial charge in [0.05, 0.1) is 14.2 Å². The van der Waals surface area contributed by atoms with Gasteiger partial charge in [0.1, 0.15) is 11.5 Å². The Labute approximate surface area is 116 Å². The molecule has 0 aliphatic carbocycles. The maximum atomic E-state index is 5.40. The monoisotopic (exact) mass is 263 g/mol. The normalized spacial score (nSPS) is 11.5. The maximum Gasteiger partial charge on any atom is 0.126 e. The summed E-state index contributed by atoms with van der Waals surface area (Å²) in [5.41, 5.74) is 2.31. The van der Waals surface area contributed by atoms with Crippen LogP contribution in [0, 0.1) is 0 Å². The van der Waals surface area contributed by atoms with Crippen LogP contribution in [0.2, 0.25) is 0 Å². The van der Waals surface area contributed by atoms with E-state index in [9.17, 15) is 0 Å². The lowest BCUT2D eigenvalue weighted by Gasteiger charge is -2.11. The molecule has 0 saturated carbocycles. The van der Waals surface area contributed by atoms with Gasteiger partial charge in [0.2, 0.25) is 0 Å². The zero-order valence-electron chi connectivity index (χ0n) is 12.5. The number of ether oxygens (including phenoxy) is 2. The summed E-state index contributed by atoms with van der Waals surface area (Å²) in [5, 5.41) is 3.39. The van der Waals surface area contributed by atoms with Gasteiger partial charge in [0, 0.05) is 5.56 Å². The molecule has 0 atom stereocenters. The van der Waals surface area contributed by atoms with Gasteiger partial charge >= 0.3 is 0 Å². The van der Waals surface area contributed by atoms with Crippen LogP contribution in [0.5, 0.6) is 11.5 Å². The van der Waals surface area contributed by atoms with E-state index in [2.05, 4.69) is 25.2 Å². The molecule has 0 radical (unpaired) electrons. The number of hydrogen-bond acceptors (Lipinski definition) is 3. The van der Waals surface area contributed by atoms with Gasteiger partial charge in [-0.05, 0) is 56.6 Å². The van der Waals surface area contributed by atoms with E-state index >= 15 is 0 Å². The lowest BCUT2D eigenvalue weighted by molar-refractivity contribution is 0.402. The number of hydrogen-bond donors (Lipinski definition) is 1. The highest BCUT2D eigenvalue weighted by Gasteiger charge is 2.06. The molecule has 0 heterocycles. The van der Waals surface area contributed by atoms with Gasteiger partial charge in [-0.1, -0.05) is 13.0 Å². The van der Waals surface area contributed by atoms with Crippen molar-refractivity contribution >= 4 is 5.57 Å². The first-order valence-electron chi connectivity index (χ1n) is 6.82. The van der Waals surface area contributed by atoms with Crippen molar-refractivity contribution in [1.82, 2.24) is 5.32 Å². The van der Waals surface area contributed by atoms with Gasteiger partial charge in [-0.15, -0.1) is 0 Å².